The molecule has 10 heteroatoms. The van der Waals surface area contributed by atoms with Gasteiger partial charge in [-0.15, -0.1) is 0 Å². The molecule has 0 heterocycles. The lowest BCUT2D eigenvalue weighted by Crippen LogP contribution is -2.49. The molecule has 1 atom stereocenters. The molecule has 3 aromatic rings. The third-order valence-electron chi connectivity index (χ3n) is 6.85. The number of benzene rings is 3. The van der Waals surface area contributed by atoms with Crippen LogP contribution in [0.4, 0.5) is 5.69 Å². The van der Waals surface area contributed by atoms with E-state index >= 15 is 0 Å². The van der Waals surface area contributed by atoms with Crippen LogP contribution in [0, 0.1) is 13.8 Å². The number of nitrogens with one attached hydrogen (secondary N) is 1. The van der Waals surface area contributed by atoms with Crippen LogP contribution in [0.2, 0.25) is 10.0 Å². The van der Waals surface area contributed by atoms with Gasteiger partial charge in [0, 0.05) is 33.0 Å². The van der Waals surface area contributed by atoms with Gasteiger partial charge in [-0.25, -0.2) is 8.42 Å². The average Bonchev–Trinajstić information content (AvgIpc) is 2.92. The Balaban J connectivity index is 1.88. The predicted octanol–water partition coefficient (Wildman–Crippen LogP) is 5.54. The van der Waals surface area contributed by atoms with Gasteiger partial charge in [-0.3, -0.25) is 13.9 Å². The first-order valence-electron chi connectivity index (χ1n) is 12.9. The predicted molar refractivity (Wildman–Crippen MR) is 162 cm³/mol. The molecule has 1 unspecified atom stereocenters. The second-order valence-corrected chi connectivity index (χ2v) is 12.5. The highest BCUT2D eigenvalue weighted by atomic mass is 35.5. The summed E-state index contributed by atoms with van der Waals surface area (Å²) in [6.45, 7) is 4.06. The van der Waals surface area contributed by atoms with Crippen LogP contribution < -0.4 is 9.62 Å². The Morgan fingerprint density at radius 3 is 2.25 bits per heavy atom. The summed E-state index contributed by atoms with van der Waals surface area (Å²) in [5, 5.41) is 3.43. The maximum atomic E-state index is 13.8. The largest absolute Gasteiger partial charge is 0.357 e. The molecule has 0 radical (unpaired) electrons. The van der Waals surface area contributed by atoms with Crippen molar-refractivity contribution >= 4 is 50.7 Å². The third kappa shape index (κ3) is 8.22. The molecule has 0 fully saturated rings. The summed E-state index contributed by atoms with van der Waals surface area (Å²) in [7, 11) is -2.05. The van der Waals surface area contributed by atoms with Crippen LogP contribution in [-0.4, -0.2) is 51.0 Å². The number of amides is 2. The minimum atomic E-state index is -3.59. The molecule has 2 amide bonds. The highest BCUT2D eigenvalue weighted by Gasteiger charge is 2.30. The lowest BCUT2D eigenvalue weighted by Gasteiger charge is -2.32. The second-order valence-electron chi connectivity index (χ2n) is 9.75. The van der Waals surface area contributed by atoms with E-state index < -0.39 is 16.1 Å². The molecule has 3 rings (SSSR count). The first kappa shape index (κ1) is 31.5. The van der Waals surface area contributed by atoms with Crippen molar-refractivity contribution in [2.24, 2.45) is 0 Å². The molecular formula is C30H35Cl2N3O4S. The van der Waals surface area contributed by atoms with Gasteiger partial charge in [0.2, 0.25) is 21.8 Å². The van der Waals surface area contributed by atoms with Crippen molar-refractivity contribution in [1.29, 1.82) is 0 Å². The Morgan fingerprint density at radius 2 is 1.62 bits per heavy atom. The quantitative estimate of drug-likeness (QED) is 0.294. The third-order valence-corrected chi connectivity index (χ3v) is 8.77. The number of aryl methyl sites for hydroxylation is 1. The first-order valence-corrected chi connectivity index (χ1v) is 15.6. The van der Waals surface area contributed by atoms with E-state index in [2.05, 4.69) is 5.32 Å². The van der Waals surface area contributed by atoms with Gasteiger partial charge in [0.25, 0.3) is 0 Å². The number of hydrogen-bond donors (Lipinski definition) is 1. The van der Waals surface area contributed by atoms with Crippen molar-refractivity contribution in [2.45, 2.75) is 45.7 Å². The zero-order chi connectivity index (χ0) is 29.4. The van der Waals surface area contributed by atoms with Crippen LogP contribution in [0.15, 0.2) is 66.7 Å². The van der Waals surface area contributed by atoms with Crippen molar-refractivity contribution in [3.8, 4) is 0 Å². The second kappa shape index (κ2) is 14.0. The topological polar surface area (TPSA) is 86.8 Å². The number of likely N-dealkylation sites (N-methyl/N-ethyl adjacent to an activating group) is 1. The zero-order valence-corrected chi connectivity index (χ0v) is 25.5. The zero-order valence-electron chi connectivity index (χ0n) is 23.2. The van der Waals surface area contributed by atoms with Crippen LogP contribution in [0.3, 0.4) is 0 Å². The number of carbonyl (C=O) groups is 2. The van der Waals surface area contributed by atoms with Crippen molar-refractivity contribution in [3.63, 3.8) is 0 Å². The summed E-state index contributed by atoms with van der Waals surface area (Å²) in [5.41, 5.74) is 4.06. The van der Waals surface area contributed by atoms with Crippen molar-refractivity contribution < 1.29 is 18.0 Å². The Morgan fingerprint density at radius 1 is 0.925 bits per heavy atom. The smallest absolute Gasteiger partial charge is 0.242 e. The fourth-order valence-electron chi connectivity index (χ4n) is 4.54. The molecule has 0 aliphatic rings. The maximum absolute atomic E-state index is 13.8. The number of halogens is 2. The fourth-order valence-corrected chi connectivity index (χ4v) is 5.88. The SMILES string of the molecule is CNC(=O)C(Cc1ccccc1)N(Cc1ccc(Cl)c(Cl)c1)C(=O)CCCN(c1cccc(C)c1C)S(C)(=O)=O. The van der Waals surface area contributed by atoms with Gasteiger partial charge in [0.1, 0.15) is 6.04 Å². The van der Waals surface area contributed by atoms with Gasteiger partial charge in [0.15, 0.2) is 0 Å². The molecule has 40 heavy (non-hydrogen) atoms. The molecule has 214 valence electrons. The summed E-state index contributed by atoms with van der Waals surface area (Å²) in [5.74, 6) is -0.574. The van der Waals surface area contributed by atoms with Crippen molar-refractivity contribution in [1.82, 2.24) is 10.2 Å². The van der Waals surface area contributed by atoms with Crippen LogP contribution >= 0.6 is 23.2 Å². The molecule has 0 saturated heterocycles. The van der Waals surface area contributed by atoms with Crippen LogP contribution in [0.1, 0.15) is 35.1 Å². The molecule has 0 spiro atoms. The lowest BCUT2D eigenvalue weighted by molar-refractivity contribution is -0.141. The molecule has 1 N–H and O–H groups in total. The Labute approximate surface area is 247 Å². The number of rotatable bonds is 12. The number of hydrogen-bond acceptors (Lipinski definition) is 4. The summed E-state index contributed by atoms with van der Waals surface area (Å²) in [6, 6.07) is 19.3. The van der Waals surface area contributed by atoms with Gasteiger partial charge < -0.3 is 10.2 Å². The van der Waals surface area contributed by atoms with E-state index in [0.717, 1.165) is 28.5 Å². The van der Waals surface area contributed by atoms with Gasteiger partial charge in [-0.2, -0.15) is 0 Å². The highest BCUT2D eigenvalue weighted by molar-refractivity contribution is 7.92. The normalized spacial score (nSPS) is 12.1. The van der Waals surface area contributed by atoms with E-state index in [4.69, 9.17) is 23.2 Å². The van der Waals surface area contributed by atoms with Crippen molar-refractivity contribution in [3.05, 3.63) is 99.0 Å². The summed E-state index contributed by atoms with van der Waals surface area (Å²) in [4.78, 5) is 28.4. The highest BCUT2D eigenvalue weighted by Crippen LogP contribution is 2.27. The molecule has 7 nitrogen and oxygen atoms in total. The van der Waals surface area contributed by atoms with E-state index in [1.54, 1.807) is 24.3 Å². The Kier molecular flexibility index (Phi) is 11.0. The summed E-state index contributed by atoms with van der Waals surface area (Å²) >= 11 is 12.3. The van der Waals surface area contributed by atoms with Gasteiger partial charge in [0.05, 0.1) is 22.0 Å². The minimum absolute atomic E-state index is 0.0422. The number of sulfonamides is 1. The summed E-state index contributed by atoms with van der Waals surface area (Å²) < 4.78 is 26.7. The van der Waals surface area contributed by atoms with Crippen LogP contribution in [-0.2, 0) is 32.6 Å². The number of anilines is 1. The van der Waals surface area contributed by atoms with Crippen LogP contribution in [0.25, 0.3) is 0 Å². The minimum Gasteiger partial charge on any atom is -0.357 e. The summed E-state index contributed by atoms with van der Waals surface area (Å²) in [6.07, 6.45) is 1.78. The van der Waals surface area contributed by atoms with E-state index in [1.165, 1.54) is 16.3 Å². The molecule has 0 bridgehead atoms. The molecule has 0 saturated carbocycles. The fraction of sp³-hybridized carbons (Fsp3) is 0.333. The Hall–Kier alpha value is -3.07. The number of nitrogens with zero attached hydrogens (tertiary/aromatic N) is 2. The van der Waals surface area contributed by atoms with E-state index in [0.29, 0.717) is 22.2 Å². The van der Waals surface area contributed by atoms with E-state index in [1.807, 2.05) is 56.3 Å². The lowest BCUT2D eigenvalue weighted by atomic mass is 10.0. The first-order chi connectivity index (χ1) is 18.9. The number of carbonyl (C=O) groups excluding carboxylic acids is 2. The van der Waals surface area contributed by atoms with Gasteiger partial charge in [-0.1, -0.05) is 71.7 Å². The Bertz CT molecular complexity index is 1450. The van der Waals surface area contributed by atoms with E-state index in [-0.39, 0.29) is 37.7 Å². The molecule has 0 aromatic heterocycles. The average molecular weight is 605 g/mol. The van der Waals surface area contributed by atoms with Gasteiger partial charge in [-0.05, 0) is 60.7 Å². The van der Waals surface area contributed by atoms with Crippen molar-refractivity contribution in [2.75, 3.05) is 24.2 Å². The molecule has 0 aliphatic carbocycles. The maximum Gasteiger partial charge on any atom is 0.242 e. The molecule has 0 aliphatic heterocycles. The molecule has 3 aromatic carbocycles. The van der Waals surface area contributed by atoms with Gasteiger partial charge >= 0.3 is 0 Å². The monoisotopic (exact) mass is 603 g/mol. The van der Waals surface area contributed by atoms with Crippen LogP contribution in [0.5, 0.6) is 0 Å². The standard InChI is InChI=1S/C30H35Cl2N3O4S/c1-21-10-8-13-27(22(21)2)35(40(4,38)39)17-9-14-29(36)34(20-24-15-16-25(31)26(32)18-24)28(30(37)33-3)19-23-11-6-5-7-12-23/h5-8,10-13,15-16,18,28H,9,14,17,19-20H2,1-4H3,(H,33,37). The van der Waals surface area contributed by atoms with E-state index in [9.17, 15) is 18.0 Å². The molecular weight excluding hydrogens is 569 g/mol.